The fourth-order valence-corrected chi connectivity index (χ4v) is 2.74. The first-order chi connectivity index (χ1) is 10.6. The van der Waals surface area contributed by atoms with E-state index in [2.05, 4.69) is 34.8 Å². The van der Waals surface area contributed by atoms with Crippen LogP contribution in [0.1, 0.15) is 18.5 Å². The lowest BCUT2D eigenvalue weighted by molar-refractivity contribution is -0.682. The number of rotatable bonds is 6. The minimum Gasteiger partial charge on any atom is -0.496 e. The summed E-state index contributed by atoms with van der Waals surface area (Å²) in [4.78, 5) is 12.1. The van der Waals surface area contributed by atoms with Crippen molar-refractivity contribution in [1.82, 2.24) is 0 Å². The Morgan fingerprint density at radius 3 is 2.64 bits per heavy atom. The number of anilines is 1. The summed E-state index contributed by atoms with van der Waals surface area (Å²) in [5.41, 5.74) is 1.94. The average molecular weight is 411 g/mol. The molecule has 2 rings (SSSR count). The number of hydrogen-bond acceptors (Lipinski definition) is 2. The van der Waals surface area contributed by atoms with Crippen molar-refractivity contribution in [2.75, 3.05) is 19.0 Å². The van der Waals surface area contributed by atoms with Crippen LogP contribution in [-0.4, -0.2) is 19.6 Å². The van der Waals surface area contributed by atoms with Gasteiger partial charge in [0.25, 0.3) is 5.91 Å². The highest BCUT2D eigenvalue weighted by molar-refractivity contribution is 14.1. The van der Waals surface area contributed by atoms with Crippen molar-refractivity contribution in [3.63, 3.8) is 0 Å². The molecule has 0 spiro atoms. The first-order valence-electron chi connectivity index (χ1n) is 7.12. The Kier molecular flexibility index (Phi) is 6.21. The zero-order valence-electron chi connectivity index (χ0n) is 12.7. The van der Waals surface area contributed by atoms with Crippen LogP contribution in [0.25, 0.3) is 0 Å². The molecule has 0 saturated carbocycles. The molecule has 22 heavy (non-hydrogen) atoms. The quantitative estimate of drug-likeness (QED) is 0.719. The van der Waals surface area contributed by atoms with Crippen LogP contribution in [0.5, 0.6) is 5.75 Å². The monoisotopic (exact) mass is 411 g/mol. The van der Waals surface area contributed by atoms with Crippen molar-refractivity contribution >= 4 is 34.2 Å². The molecular weight excluding hydrogens is 391 g/mol. The van der Waals surface area contributed by atoms with Crippen LogP contribution >= 0.6 is 22.6 Å². The van der Waals surface area contributed by atoms with Crippen LogP contribution < -0.4 is 15.4 Å². The van der Waals surface area contributed by atoms with Crippen LogP contribution in [-0.2, 0) is 4.79 Å². The molecule has 0 aliphatic heterocycles. The van der Waals surface area contributed by atoms with E-state index in [0.717, 1.165) is 20.6 Å². The van der Waals surface area contributed by atoms with E-state index in [4.69, 9.17) is 4.74 Å². The number of nitrogens with one attached hydrogen (secondary N) is 1. The number of benzene rings is 2. The van der Waals surface area contributed by atoms with Crippen LogP contribution in [0.15, 0.2) is 48.5 Å². The molecule has 0 saturated heterocycles. The number of carbonyl (C=O) groups excluding carboxylic acids is 1. The van der Waals surface area contributed by atoms with E-state index in [1.165, 1.54) is 0 Å². The molecule has 0 bridgehead atoms. The normalized spacial score (nSPS) is 11.8. The summed E-state index contributed by atoms with van der Waals surface area (Å²) in [7, 11) is 1.66. The van der Waals surface area contributed by atoms with Gasteiger partial charge < -0.3 is 15.4 Å². The van der Waals surface area contributed by atoms with Gasteiger partial charge in [0, 0.05) is 3.57 Å². The van der Waals surface area contributed by atoms with E-state index in [1.807, 2.05) is 53.8 Å². The Hall–Kier alpha value is -1.60. The van der Waals surface area contributed by atoms with Gasteiger partial charge in [0.15, 0.2) is 6.54 Å². The number of para-hydroxylation sites is 2. The number of nitrogens with two attached hydrogens (primary N) is 1. The zero-order chi connectivity index (χ0) is 15.9. The fourth-order valence-electron chi connectivity index (χ4n) is 2.22. The summed E-state index contributed by atoms with van der Waals surface area (Å²) in [6.07, 6.45) is 0. The highest BCUT2D eigenvalue weighted by Crippen LogP contribution is 2.21. The summed E-state index contributed by atoms with van der Waals surface area (Å²) >= 11 is 2.21. The molecule has 3 N–H and O–H groups in total. The summed E-state index contributed by atoms with van der Waals surface area (Å²) in [5, 5.41) is 4.94. The molecule has 0 aromatic heterocycles. The third-order valence-corrected chi connectivity index (χ3v) is 4.37. The predicted octanol–water partition coefficient (Wildman–Crippen LogP) is 2.56. The second-order valence-corrected chi connectivity index (χ2v) is 6.16. The number of carbonyl (C=O) groups is 1. The zero-order valence-corrected chi connectivity index (χ0v) is 14.8. The number of quaternary nitrogens is 1. The summed E-state index contributed by atoms with van der Waals surface area (Å²) < 4.78 is 6.40. The number of amides is 1. The Morgan fingerprint density at radius 1 is 1.23 bits per heavy atom. The van der Waals surface area contributed by atoms with Crippen molar-refractivity contribution in [1.29, 1.82) is 0 Å². The van der Waals surface area contributed by atoms with Gasteiger partial charge in [-0.05, 0) is 53.8 Å². The highest BCUT2D eigenvalue weighted by Gasteiger charge is 2.15. The Bertz CT molecular complexity index is 646. The lowest BCUT2D eigenvalue weighted by atomic mass is 10.1. The third kappa shape index (κ3) is 4.45. The largest absolute Gasteiger partial charge is 0.496 e. The topological polar surface area (TPSA) is 54.9 Å². The minimum absolute atomic E-state index is 0.00846. The van der Waals surface area contributed by atoms with Crippen molar-refractivity contribution in [3.8, 4) is 5.75 Å². The maximum atomic E-state index is 12.1. The van der Waals surface area contributed by atoms with Crippen LogP contribution in [0, 0.1) is 3.57 Å². The molecule has 4 nitrogen and oxygen atoms in total. The van der Waals surface area contributed by atoms with Crippen molar-refractivity contribution in [2.24, 2.45) is 0 Å². The van der Waals surface area contributed by atoms with Gasteiger partial charge in [-0.1, -0.05) is 24.3 Å². The number of hydrogen-bond donors (Lipinski definition) is 2. The molecule has 1 amide bonds. The molecule has 1 atom stereocenters. The van der Waals surface area contributed by atoms with Gasteiger partial charge in [-0.25, -0.2) is 0 Å². The first-order valence-corrected chi connectivity index (χ1v) is 8.20. The van der Waals surface area contributed by atoms with Crippen molar-refractivity contribution in [3.05, 3.63) is 57.7 Å². The van der Waals surface area contributed by atoms with Crippen molar-refractivity contribution in [2.45, 2.75) is 13.0 Å². The smallest absolute Gasteiger partial charge is 0.279 e. The molecule has 116 valence electrons. The average Bonchev–Trinajstić information content (AvgIpc) is 2.54. The van der Waals surface area contributed by atoms with Gasteiger partial charge in [0.05, 0.1) is 18.4 Å². The van der Waals surface area contributed by atoms with Gasteiger partial charge >= 0.3 is 0 Å². The van der Waals surface area contributed by atoms with E-state index in [1.54, 1.807) is 7.11 Å². The SMILES string of the molecule is COc1ccccc1[C@@H](C)[NH2+]CC(=O)Nc1ccccc1I. The molecule has 0 aliphatic rings. The molecule has 0 aliphatic carbocycles. The molecule has 2 aromatic rings. The maximum absolute atomic E-state index is 12.1. The predicted molar refractivity (Wildman–Crippen MR) is 96.0 cm³/mol. The van der Waals surface area contributed by atoms with E-state index in [-0.39, 0.29) is 11.9 Å². The van der Waals surface area contributed by atoms with E-state index in [9.17, 15) is 4.79 Å². The maximum Gasteiger partial charge on any atom is 0.279 e. The standard InChI is InChI=1S/C17H19IN2O2/c1-12(13-7-3-6-10-16(13)22-2)19-11-17(21)20-15-9-5-4-8-14(15)18/h3-10,12,19H,11H2,1-2H3,(H,20,21)/p+1/t12-/m1/s1. The lowest BCUT2D eigenvalue weighted by Gasteiger charge is -2.14. The van der Waals surface area contributed by atoms with Gasteiger partial charge in [-0.2, -0.15) is 0 Å². The summed E-state index contributed by atoms with van der Waals surface area (Å²) in [6, 6.07) is 15.8. The van der Waals surface area contributed by atoms with Gasteiger partial charge in [0.1, 0.15) is 11.8 Å². The van der Waals surface area contributed by atoms with Gasteiger partial charge in [-0.15, -0.1) is 0 Å². The highest BCUT2D eigenvalue weighted by atomic mass is 127. The van der Waals surface area contributed by atoms with Gasteiger partial charge in [-0.3, -0.25) is 4.79 Å². The van der Waals surface area contributed by atoms with Crippen LogP contribution in [0.3, 0.4) is 0 Å². The number of halogens is 1. The minimum atomic E-state index is -0.00846. The van der Waals surface area contributed by atoms with Crippen LogP contribution in [0.4, 0.5) is 5.69 Å². The molecular formula is C17H20IN2O2+. The summed E-state index contributed by atoms with van der Waals surface area (Å²) in [5.74, 6) is 0.843. The van der Waals surface area contributed by atoms with E-state index in [0.29, 0.717) is 6.54 Å². The second kappa shape index (κ2) is 8.14. The third-order valence-electron chi connectivity index (χ3n) is 3.43. The lowest BCUT2D eigenvalue weighted by Crippen LogP contribution is -2.86. The fraction of sp³-hybridized carbons (Fsp3) is 0.235. The van der Waals surface area contributed by atoms with Gasteiger partial charge in [0.2, 0.25) is 0 Å². The first kappa shape index (κ1) is 16.8. The molecule has 0 unspecified atom stereocenters. The Labute approximate surface area is 144 Å². The van der Waals surface area contributed by atoms with E-state index < -0.39 is 0 Å². The Balaban J connectivity index is 1.92. The second-order valence-electron chi connectivity index (χ2n) is 5.00. The molecule has 2 aromatic carbocycles. The number of methoxy groups -OCH3 is 1. The molecule has 0 heterocycles. The van der Waals surface area contributed by atoms with Crippen LogP contribution in [0.2, 0.25) is 0 Å². The Morgan fingerprint density at radius 2 is 1.91 bits per heavy atom. The number of ether oxygens (including phenoxy) is 1. The molecule has 0 fully saturated rings. The summed E-state index contributed by atoms with van der Waals surface area (Å²) in [6.45, 7) is 2.43. The molecule has 5 heteroatoms. The van der Waals surface area contributed by atoms with Crippen molar-refractivity contribution < 1.29 is 14.8 Å². The molecule has 0 radical (unpaired) electrons. The van der Waals surface area contributed by atoms with E-state index >= 15 is 0 Å².